The van der Waals surface area contributed by atoms with E-state index in [9.17, 15) is 4.79 Å². The Bertz CT molecular complexity index is 609. The molecule has 2 rings (SSSR count). The first-order valence-corrected chi connectivity index (χ1v) is 7.04. The Hall–Kier alpha value is -2.15. The molecule has 2 aromatic carbocycles. The molecule has 102 valence electrons. The summed E-state index contributed by atoms with van der Waals surface area (Å²) in [6.07, 6.45) is 5.69. The van der Waals surface area contributed by atoms with Crippen molar-refractivity contribution in [3.8, 4) is 0 Å². The molecule has 0 unspecified atom stereocenters. The van der Waals surface area contributed by atoms with Gasteiger partial charge in [-0.25, -0.2) is 0 Å². The average Bonchev–Trinajstić information content (AvgIpc) is 2.47. The van der Waals surface area contributed by atoms with Crippen LogP contribution in [-0.2, 0) is 6.42 Å². The van der Waals surface area contributed by atoms with Gasteiger partial charge in [0.2, 0.25) is 0 Å². The molecule has 0 N–H and O–H groups in total. The molecule has 0 atom stereocenters. The molecule has 1 nitrogen and oxygen atoms in total. The van der Waals surface area contributed by atoms with Gasteiger partial charge in [0.05, 0.1) is 0 Å². The molecule has 1 heteroatoms. The van der Waals surface area contributed by atoms with Crippen LogP contribution in [0.4, 0.5) is 0 Å². The Morgan fingerprint density at radius 1 is 1.10 bits per heavy atom. The van der Waals surface area contributed by atoms with Crippen molar-refractivity contribution in [1.82, 2.24) is 0 Å². The van der Waals surface area contributed by atoms with Gasteiger partial charge in [0.1, 0.15) is 0 Å². The van der Waals surface area contributed by atoms with Gasteiger partial charge in [0.15, 0.2) is 5.78 Å². The van der Waals surface area contributed by atoms with E-state index in [2.05, 4.69) is 30.4 Å². The Morgan fingerprint density at radius 3 is 2.55 bits per heavy atom. The Kier molecular flexibility index (Phi) is 4.89. The van der Waals surface area contributed by atoms with Crippen LogP contribution in [0, 0.1) is 6.92 Å². The zero-order valence-electron chi connectivity index (χ0n) is 12.1. The molecule has 0 aliphatic rings. The fourth-order valence-electron chi connectivity index (χ4n) is 2.22. The molecule has 0 spiro atoms. The van der Waals surface area contributed by atoms with Crippen molar-refractivity contribution in [3.63, 3.8) is 0 Å². The van der Waals surface area contributed by atoms with E-state index in [1.165, 1.54) is 5.56 Å². The second-order valence-corrected chi connectivity index (χ2v) is 5.00. The number of hydrogen-bond donors (Lipinski definition) is 0. The molecule has 0 aliphatic carbocycles. The largest absolute Gasteiger partial charge is 0.294 e. The van der Waals surface area contributed by atoms with Gasteiger partial charge in [-0.2, -0.15) is 0 Å². The molecule has 20 heavy (non-hydrogen) atoms. The predicted molar refractivity (Wildman–Crippen MR) is 85.0 cm³/mol. The summed E-state index contributed by atoms with van der Waals surface area (Å²) in [7, 11) is 0. The molecule has 0 aliphatic heterocycles. The standard InChI is InChI=1S/C19H20O/c1-3-19(20)18-13-15(2)12-17(14-18)11-7-10-16-8-5-4-6-9-16/h4-9,11-14H,3,10H2,1-2H3/b11-7-. The minimum absolute atomic E-state index is 0.200. The van der Waals surface area contributed by atoms with Gasteiger partial charge in [-0.15, -0.1) is 0 Å². The molecule has 0 radical (unpaired) electrons. The zero-order valence-corrected chi connectivity index (χ0v) is 12.1. The summed E-state index contributed by atoms with van der Waals surface area (Å²) < 4.78 is 0. The number of carbonyl (C=O) groups excluding carboxylic acids is 1. The molecule has 0 aromatic heterocycles. The molecule has 0 saturated heterocycles. The van der Waals surface area contributed by atoms with Gasteiger partial charge >= 0.3 is 0 Å². The number of carbonyl (C=O) groups is 1. The van der Waals surface area contributed by atoms with Crippen LogP contribution in [0.5, 0.6) is 0 Å². The van der Waals surface area contributed by atoms with Crippen LogP contribution >= 0.6 is 0 Å². The number of Topliss-reactive ketones (excluding diaryl/α,β-unsaturated/α-hetero) is 1. The van der Waals surface area contributed by atoms with E-state index in [1.807, 2.05) is 44.2 Å². The van der Waals surface area contributed by atoms with Crippen molar-refractivity contribution >= 4 is 11.9 Å². The summed E-state index contributed by atoms with van der Waals surface area (Å²) in [5.41, 5.74) is 4.33. The molecular weight excluding hydrogens is 244 g/mol. The van der Waals surface area contributed by atoms with Crippen molar-refractivity contribution in [2.24, 2.45) is 0 Å². The third kappa shape index (κ3) is 3.92. The van der Waals surface area contributed by atoms with E-state index in [-0.39, 0.29) is 5.78 Å². The topological polar surface area (TPSA) is 17.1 Å². The van der Waals surface area contributed by atoms with E-state index in [0.29, 0.717) is 6.42 Å². The number of rotatable bonds is 5. The third-order valence-electron chi connectivity index (χ3n) is 3.25. The zero-order chi connectivity index (χ0) is 14.4. The molecule has 0 saturated carbocycles. The number of allylic oxidation sites excluding steroid dienone is 1. The fraction of sp³-hybridized carbons (Fsp3) is 0.211. The van der Waals surface area contributed by atoms with E-state index in [1.54, 1.807) is 0 Å². The fourth-order valence-corrected chi connectivity index (χ4v) is 2.22. The van der Waals surface area contributed by atoms with Gasteiger partial charge in [-0.1, -0.05) is 55.5 Å². The summed E-state index contributed by atoms with van der Waals surface area (Å²) in [6, 6.07) is 16.4. The highest BCUT2D eigenvalue weighted by Gasteiger charge is 2.04. The van der Waals surface area contributed by atoms with Gasteiger partial charge in [-0.3, -0.25) is 4.79 Å². The maximum Gasteiger partial charge on any atom is 0.162 e. The summed E-state index contributed by atoms with van der Waals surface area (Å²) in [5.74, 6) is 0.200. The van der Waals surface area contributed by atoms with Crippen LogP contribution in [0.3, 0.4) is 0 Å². The summed E-state index contributed by atoms with van der Waals surface area (Å²) in [4.78, 5) is 11.8. The van der Waals surface area contributed by atoms with E-state index in [0.717, 1.165) is 23.1 Å². The minimum Gasteiger partial charge on any atom is -0.294 e. The number of benzene rings is 2. The van der Waals surface area contributed by atoms with Crippen molar-refractivity contribution in [3.05, 3.63) is 76.9 Å². The highest BCUT2D eigenvalue weighted by molar-refractivity contribution is 5.96. The first kappa shape index (κ1) is 14.3. The lowest BCUT2D eigenvalue weighted by molar-refractivity contribution is 0.0988. The van der Waals surface area contributed by atoms with Crippen molar-refractivity contribution in [1.29, 1.82) is 0 Å². The first-order chi connectivity index (χ1) is 9.69. The number of aryl methyl sites for hydroxylation is 1. The number of ketones is 1. The Morgan fingerprint density at radius 2 is 1.85 bits per heavy atom. The monoisotopic (exact) mass is 264 g/mol. The summed E-state index contributed by atoms with van der Waals surface area (Å²) >= 11 is 0. The lowest BCUT2D eigenvalue weighted by atomic mass is 10.0. The van der Waals surface area contributed by atoms with Crippen LogP contribution in [0.15, 0.2) is 54.6 Å². The quantitative estimate of drug-likeness (QED) is 0.706. The second kappa shape index (κ2) is 6.85. The molecular formula is C19H20O. The predicted octanol–water partition coefficient (Wildman–Crippen LogP) is 4.84. The average molecular weight is 264 g/mol. The Balaban J connectivity index is 2.13. The van der Waals surface area contributed by atoms with Crippen LogP contribution in [0.2, 0.25) is 0 Å². The Labute approximate surface area is 121 Å². The molecule has 0 heterocycles. The molecule has 0 fully saturated rings. The van der Waals surface area contributed by atoms with Gasteiger partial charge in [0, 0.05) is 12.0 Å². The van der Waals surface area contributed by atoms with E-state index >= 15 is 0 Å². The van der Waals surface area contributed by atoms with Crippen LogP contribution < -0.4 is 0 Å². The lowest BCUT2D eigenvalue weighted by Gasteiger charge is -2.03. The van der Waals surface area contributed by atoms with E-state index in [4.69, 9.17) is 0 Å². The van der Waals surface area contributed by atoms with Gasteiger partial charge in [0.25, 0.3) is 0 Å². The number of hydrogen-bond acceptors (Lipinski definition) is 1. The summed E-state index contributed by atoms with van der Waals surface area (Å²) in [5, 5.41) is 0. The maximum absolute atomic E-state index is 11.8. The molecule has 0 bridgehead atoms. The SMILES string of the molecule is CCC(=O)c1cc(C)cc(/C=C\Cc2ccccc2)c1. The molecule has 0 amide bonds. The van der Waals surface area contributed by atoms with E-state index < -0.39 is 0 Å². The van der Waals surface area contributed by atoms with Crippen LogP contribution in [-0.4, -0.2) is 5.78 Å². The first-order valence-electron chi connectivity index (χ1n) is 7.04. The summed E-state index contributed by atoms with van der Waals surface area (Å²) in [6.45, 7) is 3.93. The smallest absolute Gasteiger partial charge is 0.162 e. The highest BCUT2D eigenvalue weighted by atomic mass is 16.1. The van der Waals surface area contributed by atoms with Crippen LogP contribution in [0.1, 0.15) is 40.4 Å². The normalized spacial score (nSPS) is 10.9. The van der Waals surface area contributed by atoms with Crippen LogP contribution in [0.25, 0.3) is 6.08 Å². The third-order valence-corrected chi connectivity index (χ3v) is 3.25. The molecule has 2 aromatic rings. The maximum atomic E-state index is 11.8. The lowest BCUT2D eigenvalue weighted by Crippen LogP contribution is -1.97. The van der Waals surface area contributed by atoms with Crippen molar-refractivity contribution in [2.45, 2.75) is 26.7 Å². The van der Waals surface area contributed by atoms with Gasteiger partial charge < -0.3 is 0 Å². The minimum atomic E-state index is 0.200. The highest BCUT2D eigenvalue weighted by Crippen LogP contribution is 2.14. The van der Waals surface area contributed by atoms with Gasteiger partial charge in [-0.05, 0) is 42.2 Å². The van der Waals surface area contributed by atoms with Crippen molar-refractivity contribution in [2.75, 3.05) is 0 Å². The van der Waals surface area contributed by atoms with Crippen molar-refractivity contribution < 1.29 is 4.79 Å². The second-order valence-electron chi connectivity index (χ2n) is 5.00.